The van der Waals surface area contributed by atoms with Crippen molar-refractivity contribution in [2.45, 2.75) is 12.8 Å². The predicted octanol–water partition coefficient (Wildman–Crippen LogP) is 1.69. The molecule has 1 N–H and O–H groups in total. The maximum absolute atomic E-state index is 13.0. The summed E-state index contributed by atoms with van der Waals surface area (Å²) < 4.78 is 13.0. The van der Waals surface area contributed by atoms with Gasteiger partial charge in [-0.25, -0.2) is 9.82 Å². The molecule has 0 spiro atoms. The van der Waals surface area contributed by atoms with Gasteiger partial charge in [0.1, 0.15) is 11.7 Å². The first-order valence-corrected chi connectivity index (χ1v) is 5.97. The first-order valence-electron chi connectivity index (χ1n) is 5.97. The van der Waals surface area contributed by atoms with Crippen molar-refractivity contribution >= 4 is 11.6 Å². The molecule has 0 bridgehead atoms. The zero-order valence-corrected chi connectivity index (χ0v) is 10.7. The molecule has 2 atom stereocenters. The first-order chi connectivity index (χ1) is 9.58. The molecule has 1 amide bonds. The van der Waals surface area contributed by atoms with Crippen molar-refractivity contribution in [3.8, 4) is 12.1 Å². The summed E-state index contributed by atoms with van der Waals surface area (Å²) in [5.74, 6) is -3.15. The van der Waals surface area contributed by atoms with Crippen LogP contribution in [0.2, 0.25) is 0 Å². The molecule has 0 saturated carbocycles. The van der Waals surface area contributed by atoms with E-state index in [1.54, 1.807) is 6.92 Å². The second-order valence-corrected chi connectivity index (χ2v) is 4.52. The zero-order chi connectivity index (χ0) is 14.7. The van der Waals surface area contributed by atoms with Crippen molar-refractivity contribution in [3.05, 3.63) is 35.6 Å². The number of hydrazone groups is 1. The average molecular weight is 270 g/mol. The van der Waals surface area contributed by atoms with Crippen LogP contribution in [0.1, 0.15) is 18.4 Å². The van der Waals surface area contributed by atoms with Gasteiger partial charge < -0.3 is 0 Å². The number of nitriles is 2. The third kappa shape index (κ3) is 2.36. The Morgan fingerprint density at radius 1 is 1.30 bits per heavy atom. The van der Waals surface area contributed by atoms with E-state index in [4.69, 9.17) is 10.5 Å². The van der Waals surface area contributed by atoms with E-state index in [-0.39, 0.29) is 5.91 Å². The Hall–Kier alpha value is -2.73. The molecular formula is C14H11FN4O. The maximum Gasteiger partial charge on any atom is 0.249 e. The fourth-order valence-electron chi connectivity index (χ4n) is 2.35. The largest absolute Gasteiger partial charge is 0.272 e. The van der Waals surface area contributed by atoms with Crippen LogP contribution in [-0.2, 0) is 4.79 Å². The number of benzene rings is 1. The standard InChI is InChI=1S/C14H11FN4O/c1-8-12(14(20)19-18-8)13(10(6-16)7-17)9-2-4-11(15)5-3-9/h2-5,10,12-13H,1H3,(H,19,20)/t12-,13+/m0/s1. The lowest BCUT2D eigenvalue weighted by atomic mass is 9.76. The highest BCUT2D eigenvalue weighted by molar-refractivity contribution is 6.07. The van der Waals surface area contributed by atoms with Crippen molar-refractivity contribution in [3.63, 3.8) is 0 Å². The lowest BCUT2D eigenvalue weighted by molar-refractivity contribution is -0.122. The lowest BCUT2D eigenvalue weighted by Gasteiger charge is -2.23. The molecule has 20 heavy (non-hydrogen) atoms. The molecular weight excluding hydrogens is 259 g/mol. The minimum Gasteiger partial charge on any atom is -0.272 e. The van der Waals surface area contributed by atoms with Crippen LogP contribution >= 0.6 is 0 Å². The van der Waals surface area contributed by atoms with Gasteiger partial charge in [0.05, 0.1) is 18.1 Å². The van der Waals surface area contributed by atoms with Crippen LogP contribution in [0.3, 0.4) is 0 Å². The van der Waals surface area contributed by atoms with Crippen LogP contribution in [0, 0.1) is 40.3 Å². The molecule has 100 valence electrons. The molecule has 1 aromatic rings. The summed E-state index contributed by atoms with van der Waals surface area (Å²) >= 11 is 0. The number of rotatable bonds is 3. The van der Waals surface area contributed by atoms with Gasteiger partial charge in [0.25, 0.3) is 0 Å². The van der Waals surface area contributed by atoms with Crippen molar-refractivity contribution < 1.29 is 9.18 Å². The van der Waals surface area contributed by atoms with Crippen molar-refractivity contribution in [2.75, 3.05) is 0 Å². The minimum atomic E-state index is -1.01. The Kier molecular flexibility index (Phi) is 3.76. The maximum atomic E-state index is 13.0. The third-order valence-corrected chi connectivity index (χ3v) is 3.33. The summed E-state index contributed by atoms with van der Waals surface area (Å²) in [4.78, 5) is 11.9. The smallest absolute Gasteiger partial charge is 0.249 e. The van der Waals surface area contributed by atoms with Crippen LogP contribution < -0.4 is 5.43 Å². The Morgan fingerprint density at radius 3 is 2.35 bits per heavy atom. The van der Waals surface area contributed by atoms with Gasteiger partial charge in [-0.2, -0.15) is 15.6 Å². The molecule has 6 heteroatoms. The van der Waals surface area contributed by atoms with Gasteiger partial charge in [-0.15, -0.1) is 0 Å². The van der Waals surface area contributed by atoms with Gasteiger partial charge in [0, 0.05) is 11.6 Å². The highest BCUT2D eigenvalue weighted by Crippen LogP contribution is 2.34. The van der Waals surface area contributed by atoms with E-state index in [2.05, 4.69) is 10.5 Å². The quantitative estimate of drug-likeness (QED) is 0.906. The first kappa shape index (κ1) is 13.7. The van der Waals surface area contributed by atoms with Gasteiger partial charge >= 0.3 is 0 Å². The van der Waals surface area contributed by atoms with Crippen molar-refractivity contribution in [1.82, 2.24) is 5.43 Å². The Balaban J connectivity index is 2.48. The summed E-state index contributed by atoms with van der Waals surface area (Å²) in [6.07, 6.45) is 0. The molecule has 1 aliphatic heterocycles. The van der Waals surface area contributed by atoms with E-state index < -0.39 is 23.6 Å². The van der Waals surface area contributed by atoms with Crippen LogP contribution in [0.25, 0.3) is 0 Å². The molecule has 5 nitrogen and oxygen atoms in total. The molecule has 1 heterocycles. The molecule has 1 aromatic carbocycles. The number of hydrogen-bond donors (Lipinski definition) is 1. The summed E-state index contributed by atoms with van der Waals surface area (Å²) in [6, 6.07) is 9.25. The van der Waals surface area contributed by atoms with Crippen LogP contribution in [0.15, 0.2) is 29.4 Å². The topological polar surface area (TPSA) is 89.0 Å². The van der Waals surface area contributed by atoms with Gasteiger partial charge in [-0.05, 0) is 24.6 Å². The van der Waals surface area contributed by atoms with Crippen LogP contribution in [-0.4, -0.2) is 11.6 Å². The molecule has 1 aliphatic rings. The molecule has 0 unspecified atom stereocenters. The summed E-state index contributed by atoms with van der Waals surface area (Å²) in [5.41, 5.74) is 3.42. The van der Waals surface area contributed by atoms with Gasteiger partial charge in [-0.1, -0.05) is 12.1 Å². The van der Waals surface area contributed by atoms with Crippen molar-refractivity contribution in [1.29, 1.82) is 10.5 Å². The monoisotopic (exact) mass is 270 g/mol. The van der Waals surface area contributed by atoms with Crippen LogP contribution in [0.4, 0.5) is 4.39 Å². The number of carbonyl (C=O) groups excluding carboxylic acids is 1. The number of amides is 1. The molecule has 0 radical (unpaired) electrons. The second-order valence-electron chi connectivity index (χ2n) is 4.52. The van der Waals surface area contributed by atoms with E-state index in [9.17, 15) is 9.18 Å². The summed E-state index contributed by atoms with van der Waals surface area (Å²) in [5, 5.41) is 22.1. The second kappa shape index (κ2) is 5.50. The van der Waals surface area contributed by atoms with E-state index in [1.807, 2.05) is 12.1 Å². The fourth-order valence-corrected chi connectivity index (χ4v) is 2.35. The van der Waals surface area contributed by atoms with Crippen LogP contribution in [0.5, 0.6) is 0 Å². The molecule has 0 aliphatic carbocycles. The van der Waals surface area contributed by atoms with E-state index in [1.165, 1.54) is 24.3 Å². The third-order valence-electron chi connectivity index (χ3n) is 3.33. The van der Waals surface area contributed by atoms with Gasteiger partial charge in [0.15, 0.2) is 0 Å². The number of carbonyl (C=O) groups is 1. The molecule has 0 aromatic heterocycles. The van der Waals surface area contributed by atoms with Gasteiger partial charge in [0.2, 0.25) is 5.91 Å². The Bertz CT molecular complexity index is 625. The Labute approximate surface area is 115 Å². The highest BCUT2D eigenvalue weighted by Gasteiger charge is 2.40. The van der Waals surface area contributed by atoms with E-state index >= 15 is 0 Å². The van der Waals surface area contributed by atoms with Gasteiger partial charge in [-0.3, -0.25) is 4.79 Å². The lowest BCUT2D eigenvalue weighted by Crippen LogP contribution is -2.32. The number of hydrogen-bond acceptors (Lipinski definition) is 4. The highest BCUT2D eigenvalue weighted by atomic mass is 19.1. The molecule has 0 saturated heterocycles. The minimum absolute atomic E-state index is 0.354. The number of nitrogens with one attached hydrogen (secondary N) is 1. The predicted molar refractivity (Wildman–Crippen MR) is 68.6 cm³/mol. The zero-order valence-electron chi connectivity index (χ0n) is 10.7. The fraction of sp³-hybridized carbons (Fsp3) is 0.286. The van der Waals surface area contributed by atoms with E-state index in [0.29, 0.717) is 11.3 Å². The Morgan fingerprint density at radius 2 is 1.90 bits per heavy atom. The SMILES string of the molecule is CC1=NNC(=O)[C@@H]1[C@H](c1ccc(F)cc1)C(C#N)C#N. The van der Waals surface area contributed by atoms with E-state index in [0.717, 1.165) is 0 Å². The van der Waals surface area contributed by atoms with Crippen molar-refractivity contribution in [2.24, 2.45) is 16.9 Å². The summed E-state index contributed by atoms with van der Waals surface area (Å²) in [7, 11) is 0. The normalized spacial score (nSPS) is 18.9. The molecule has 2 rings (SSSR count). The number of nitrogens with zero attached hydrogens (tertiary/aromatic N) is 3. The molecule has 0 fully saturated rings. The number of halogens is 1. The summed E-state index contributed by atoms with van der Waals surface area (Å²) in [6.45, 7) is 1.66. The average Bonchev–Trinajstić information content (AvgIpc) is 2.77.